The number of tetrazole rings is 1. The van der Waals surface area contributed by atoms with E-state index in [0.29, 0.717) is 24.5 Å². The summed E-state index contributed by atoms with van der Waals surface area (Å²) in [5.74, 6) is 1.11. The number of hydrogen-bond donors (Lipinski definition) is 1. The summed E-state index contributed by atoms with van der Waals surface area (Å²) in [6, 6.07) is 22.0. The molecule has 0 saturated carbocycles. The van der Waals surface area contributed by atoms with Crippen LogP contribution in [-0.4, -0.2) is 48.5 Å². The smallest absolute Gasteiger partial charge is 0.340 e. The molecule has 36 heavy (non-hydrogen) atoms. The number of nitrogens with zero attached hydrogens (tertiary/aromatic N) is 5. The van der Waals surface area contributed by atoms with Crippen molar-refractivity contribution in [3.05, 3.63) is 77.9 Å². The maximum atomic E-state index is 12.8. The van der Waals surface area contributed by atoms with Crippen LogP contribution in [0.2, 0.25) is 0 Å². The maximum absolute atomic E-state index is 12.8. The SMILES string of the molecule is CCCSc1nc2cccc(C(=O)OCC)c2n1Cc1ccc(-c2ccccc2)c(-c2nn[nH]n2)c1. The Morgan fingerprint density at radius 1 is 1.03 bits per heavy atom. The van der Waals surface area contributed by atoms with Gasteiger partial charge >= 0.3 is 5.97 Å². The van der Waals surface area contributed by atoms with Crippen LogP contribution in [-0.2, 0) is 11.3 Å². The number of imidazole rings is 1. The molecule has 0 saturated heterocycles. The first-order valence-electron chi connectivity index (χ1n) is 11.9. The first kappa shape index (κ1) is 23.7. The number of esters is 1. The lowest BCUT2D eigenvalue weighted by molar-refractivity contribution is 0.0528. The lowest BCUT2D eigenvalue weighted by atomic mass is 9.97. The van der Waals surface area contributed by atoms with Crippen LogP contribution in [0.25, 0.3) is 33.5 Å². The highest BCUT2D eigenvalue weighted by Gasteiger charge is 2.20. The molecule has 5 aromatic rings. The third-order valence-corrected chi connectivity index (χ3v) is 6.94. The van der Waals surface area contributed by atoms with Gasteiger partial charge in [0.15, 0.2) is 5.16 Å². The van der Waals surface area contributed by atoms with Crippen LogP contribution in [0.3, 0.4) is 0 Å². The van der Waals surface area contributed by atoms with E-state index in [1.807, 2.05) is 37.3 Å². The van der Waals surface area contributed by atoms with Crippen LogP contribution in [0.4, 0.5) is 0 Å². The second-order valence-electron chi connectivity index (χ2n) is 8.20. The highest BCUT2D eigenvalue weighted by Crippen LogP contribution is 2.33. The Balaban J connectivity index is 1.63. The molecule has 0 spiro atoms. The zero-order valence-electron chi connectivity index (χ0n) is 20.1. The third-order valence-electron chi connectivity index (χ3n) is 5.76. The first-order valence-corrected chi connectivity index (χ1v) is 12.9. The molecule has 0 bridgehead atoms. The number of carbonyl (C=O) groups excluding carboxylic acids is 1. The van der Waals surface area contributed by atoms with Crippen molar-refractivity contribution in [3.8, 4) is 22.5 Å². The fraction of sp³-hybridized carbons (Fsp3) is 0.222. The van der Waals surface area contributed by atoms with Crippen molar-refractivity contribution in [3.63, 3.8) is 0 Å². The van der Waals surface area contributed by atoms with Gasteiger partial charge < -0.3 is 9.30 Å². The van der Waals surface area contributed by atoms with E-state index in [0.717, 1.165) is 50.6 Å². The summed E-state index contributed by atoms with van der Waals surface area (Å²) >= 11 is 1.69. The van der Waals surface area contributed by atoms with E-state index in [9.17, 15) is 4.79 Å². The number of H-pyrrole nitrogens is 1. The molecular formula is C27H26N6O2S. The number of nitrogens with one attached hydrogen (secondary N) is 1. The van der Waals surface area contributed by atoms with Crippen LogP contribution in [0.15, 0.2) is 71.9 Å². The molecule has 2 aromatic heterocycles. The van der Waals surface area contributed by atoms with E-state index in [1.54, 1.807) is 17.8 Å². The summed E-state index contributed by atoms with van der Waals surface area (Å²) < 4.78 is 7.46. The molecule has 0 aliphatic rings. The zero-order valence-corrected chi connectivity index (χ0v) is 21.0. The molecule has 2 heterocycles. The number of fused-ring (bicyclic) bond motifs is 1. The number of thioether (sulfide) groups is 1. The number of aromatic nitrogens is 6. The highest BCUT2D eigenvalue weighted by molar-refractivity contribution is 7.99. The Labute approximate surface area is 213 Å². The van der Waals surface area contributed by atoms with Gasteiger partial charge in [-0.25, -0.2) is 9.78 Å². The van der Waals surface area contributed by atoms with Gasteiger partial charge in [0.2, 0.25) is 5.82 Å². The molecular weight excluding hydrogens is 472 g/mol. The number of rotatable bonds is 9. The fourth-order valence-electron chi connectivity index (χ4n) is 4.19. The van der Waals surface area contributed by atoms with E-state index in [1.165, 1.54) is 0 Å². The number of hydrogen-bond acceptors (Lipinski definition) is 7. The normalized spacial score (nSPS) is 11.2. The second kappa shape index (κ2) is 10.7. The summed E-state index contributed by atoms with van der Waals surface area (Å²) in [6.07, 6.45) is 1.02. The lowest BCUT2D eigenvalue weighted by Crippen LogP contribution is -2.09. The first-order chi connectivity index (χ1) is 17.7. The van der Waals surface area contributed by atoms with Crippen molar-refractivity contribution in [2.45, 2.75) is 32.0 Å². The molecule has 0 aliphatic heterocycles. The van der Waals surface area contributed by atoms with Crippen molar-refractivity contribution >= 4 is 28.8 Å². The maximum Gasteiger partial charge on any atom is 0.340 e. The largest absolute Gasteiger partial charge is 0.462 e. The minimum atomic E-state index is -0.344. The van der Waals surface area contributed by atoms with Crippen LogP contribution >= 0.6 is 11.8 Å². The molecule has 0 amide bonds. The standard InChI is InChI=1S/C27H26N6O2S/c1-3-15-36-27-28-23-12-8-11-21(26(34)35-4-2)24(23)33(27)17-18-13-14-20(19-9-6-5-7-10-19)22(16-18)25-29-31-32-30-25/h5-14,16H,3-4,15,17H2,1-2H3,(H,29,30,31,32). The molecule has 0 unspecified atom stereocenters. The molecule has 0 aliphatic carbocycles. The van der Waals surface area contributed by atoms with Gasteiger partial charge in [0, 0.05) is 11.3 Å². The van der Waals surface area contributed by atoms with Crippen LogP contribution in [0.5, 0.6) is 0 Å². The quantitative estimate of drug-likeness (QED) is 0.208. The summed E-state index contributed by atoms with van der Waals surface area (Å²) in [4.78, 5) is 17.7. The topological polar surface area (TPSA) is 98.6 Å². The molecule has 0 radical (unpaired) electrons. The molecule has 3 aromatic carbocycles. The van der Waals surface area contributed by atoms with Crippen molar-refractivity contribution in [2.75, 3.05) is 12.4 Å². The monoisotopic (exact) mass is 498 g/mol. The fourth-order valence-corrected chi connectivity index (χ4v) is 5.05. The van der Waals surface area contributed by atoms with E-state index in [4.69, 9.17) is 9.72 Å². The molecule has 8 nitrogen and oxygen atoms in total. The Kier molecular flexibility index (Phi) is 7.08. The van der Waals surface area contributed by atoms with Gasteiger partial charge in [0.25, 0.3) is 0 Å². The van der Waals surface area contributed by atoms with E-state index in [2.05, 4.69) is 62.4 Å². The minimum Gasteiger partial charge on any atom is -0.462 e. The van der Waals surface area contributed by atoms with Crippen LogP contribution < -0.4 is 0 Å². The molecule has 5 rings (SSSR count). The highest BCUT2D eigenvalue weighted by atomic mass is 32.2. The van der Waals surface area contributed by atoms with Crippen molar-refractivity contribution in [2.24, 2.45) is 0 Å². The van der Waals surface area contributed by atoms with Gasteiger partial charge in [0.1, 0.15) is 0 Å². The third kappa shape index (κ3) is 4.74. The Hall–Kier alpha value is -3.98. The Morgan fingerprint density at radius 3 is 2.64 bits per heavy atom. The zero-order chi connectivity index (χ0) is 24.9. The van der Waals surface area contributed by atoms with Gasteiger partial charge in [0.05, 0.1) is 29.7 Å². The van der Waals surface area contributed by atoms with Crippen molar-refractivity contribution in [1.29, 1.82) is 0 Å². The lowest BCUT2D eigenvalue weighted by Gasteiger charge is -2.14. The van der Waals surface area contributed by atoms with Gasteiger partial charge in [-0.05, 0) is 53.4 Å². The van der Waals surface area contributed by atoms with Gasteiger partial charge in [-0.1, -0.05) is 67.2 Å². The minimum absolute atomic E-state index is 0.315. The number of ether oxygens (including phenoxy) is 1. The van der Waals surface area contributed by atoms with Gasteiger partial charge in [-0.2, -0.15) is 5.21 Å². The van der Waals surface area contributed by atoms with E-state index >= 15 is 0 Å². The average molecular weight is 499 g/mol. The summed E-state index contributed by atoms with van der Waals surface area (Å²) in [6.45, 7) is 4.80. The predicted molar refractivity (Wildman–Crippen MR) is 141 cm³/mol. The molecule has 0 fully saturated rings. The molecule has 1 N–H and O–H groups in total. The number of aromatic amines is 1. The van der Waals surface area contributed by atoms with Crippen LogP contribution in [0.1, 0.15) is 36.2 Å². The molecule has 182 valence electrons. The number of benzene rings is 3. The summed E-state index contributed by atoms with van der Waals surface area (Å²) in [5, 5.41) is 15.7. The van der Waals surface area contributed by atoms with Gasteiger partial charge in [-0.3, -0.25) is 0 Å². The van der Waals surface area contributed by atoms with E-state index in [-0.39, 0.29) is 5.97 Å². The second-order valence-corrected chi connectivity index (χ2v) is 9.27. The predicted octanol–water partition coefficient (Wildman–Crippen LogP) is 5.61. The van der Waals surface area contributed by atoms with Crippen molar-refractivity contribution < 1.29 is 9.53 Å². The van der Waals surface area contributed by atoms with Crippen LogP contribution in [0, 0.1) is 0 Å². The summed E-state index contributed by atoms with van der Waals surface area (Å²) in [7, 11) is 0. The Bertz CT molecular complexity index is 1480. The number of carbonyl (C=O) groups is 1. The van der Waals surface area contributed by atoms with Crippen molar-refractivity contribution in [1.82, 2.24) is 30.2 Å². The van der Waals surface area contributed by atoms with Gasteiger partial charge in [-0.15, -0.1) is 10.2 Å². The Morgan fingerprint density at radius 2 is 1.89 bits per heavy atom. The molecule has 9 heteroatoms. The van der Waals surface area contributed by atoms with E-state index < -0.39 is 0 Å². The number of para-hydroxylation sites is 1. The molecule has 0 atom stereocenters. The summed E-state index contributed by atoms with van der Waals surface area (Å²) in [5.41, 5.74) is 6.08. The average Bonchev–Trinajstić information content (AvgIpc) is 3.57.